The summed E-state index contributed by atoms with van der Waals surface area (Å²) in [6.07, 6.45) is -2.17. The molecule has 3 nitrogen and oxygen atoms in total. The predicted octanol–water partition coefficient (Wildman–Crippen LogP) is 2.05. The van der Waals surface area contributed by atoms with Crippen LogP contribution in [0.1, 0.15) is 28.0 Å². The van der Waals surface area contributed by atoms with Crippen molar-refractivity contribution in [1.82, 2.24) is 4.98 Å². The van der Waals surface area contributed by atoms with E-state index in [1.54, 1.807) is 0 Å². The molecule has 6 heteroatoms. The van der Waals surface area contributed by atoms with Crippen molar-refractivity contribution in [2.24, 2.45) is 5.73 Å². The third-order valence-corrected chi connectivity index (χ3v) is 2.28. The lowest BCUT2D eigenvalue weighted by atomic mass is 10.1. The molecule has 1 aromatic rings. The average molecular weight is 265 g/mol. The van der Waals surface area contributed by atoms with Crippen LogP contribution in [0.3, 0.4) is 0 Å². The van der Waals surface area contributed by atoms with Gasteiger partial charge in [-0.25, -0.2) is 13.8 Å². The molecule has 1 heterocycles. The van der Waals surface area contributed by atoms with E-state index in [4.69, 9.17) is 5.73 Å². The van der Waals surface area contributed by atoms with Crippen LogP contribution in [0.25, 0.3) is 0 Å². The zero-order chi connectivity index (χ0) is 10.7. The number of hydrogen-bond acceptors (Lipinski definition) is 3. The lowest BCUT2D eigenvalue weighted by molar-refractivity contribution is 0.111. The molecule has 0 atom stereocenters. The van der Waals surface area contributed by atoms with Crippen molar-refractivity contribution >= 4 is 22.2 Å². The molecular formula is C8H7BrF2N2O. The minimum Gasteiger partial charge on any atom is -0.326 e. The number of aromatic nitrogens is 1. The first-order valence-electron chi connectivity index (χ1n) is 3.72. The highest BCUT2D eigenvalue weighted by molar-refractivity contribution is 9.10. The number of aldehydes is 1. The number of carbonyl (C=O) groups excluding carboxylic acids is 1. The molecule has 2 N–H and O–H groups in total. The Labute approximate surface area is 87.4 Å². The number of nitrogens with two attached hydrogens (primary N) is 1. The van der Waals surface area contributed by atoms with Gasteiger partial charge in [-0.2, -0.15) is 0 Å². The van der Waals surface area contributed by atoms with Crippen LogP contribution in [0.15, 0.2) is 10.7 Å². The molecule has 0 amide bonds. The lowest BCUT2D eigenvalue weighted by Crippen LogP contribution is -2.06. The Balaban J connectivity index is 3.34. The van der Waals surface area contributed by atoms with Gasteiger partial charge in [0.15, 0.2) is 6.29 Å². The number of nitrogens with zero attached hydrogens (tertiary/aromatic N) is 1. The molecule has 0 aliphatic heterocycles. The molecule has 0 saturated heterocycles. The molecule has 14 heavy (non-hydrogen) atoms. The van der Waals surface area contributed by atoms with Gasteiger partial charge in [-0.15, -0.1) is 0 Å². The van der Waals surface area contributed by atoms with Crippen LogP contribution in [0, 0.1) is 0 Å². The predicted molar refractivity (Wildman–Crippen MR) is 50.2 cm³/mol. The van der Waals surface area contributed by atoms with Gasteiger partial charge in [-0.3, -0.25) is 4.79 Å². The average Bonchev–Trinajstić information content (AvgIpc) is 2.15. The molecule has 0 fully saturated rings. The Hall–Kier alpha value is -0.880. The van der Waals surface area contributed by atoms with Gasteiger partial charge in [-0.1, -0.05) is 0 Å². The van der Waals surface area contributed by atoms with E-state index >= 15 is 0 Å². The number of alkyl halides is 2. The van der Waals surface area contributed by atoms with Gasteiger partial charge in [-0.05, 0) is 27.6 Å². The fraction of sp³-hybridized carbons (Fsp3) is 0.250. The van der Waals surface area contributed by atoms with Crippen LogP contribution >= 0.6 is 15.9 Å². The van der Waals surface area contributed by atoms with E-state index < -0.39 is 6.43 Å². The molecule has 1 aromatic heterocycles. The topological polar surface area (TPSA) is 56.0 Å². The van der Waals surface area contributed by atoms with Crippen LogP contribution in [-0.4, -0.2) is 11.3 Å². The lowest BCUT2D eigenvalue weighted by Gasteiger charge is -2.08. The molecule has 0 radical (unpaired) electrons. The summed E-state index contributed by atoms with van der Waals surface area (Å²) in [5, 5.41) is 0. The highest BCUT2D eigenvalue weighted by Crippen LogP contribution is 2.29. The summed E-state index contributed by atoms with van der Waals surface area (Å²) in [4.78, 5) is 14.0. The van der Waals surface area contributed by atoms with Crippen molar-refractivity contribution in [3.8, 4) is 0 Å². The second kappa shape index (κ2) is 4.56. The van der Waals surface area contributed by atoms with E-state index in [9.17, 15) is 13.6 Å². The van der Waals surface area contributed by atoms with E-state index in [-0.39, 0.29) is 28.0 Å². The first kappa shape index (κ1) is 11.2. The molecule has 1 rings (SSSR count). The maximum Gasteiger partial charge on any atom is 0.266 e. The zero-order valence-corrected chi connectivity index (χ0v) is 8.59. The van der Waals surface area contributed by atoms with E-state index in [1.807, 2.05) is 0 Å². The van der Waals surface area contributed by atoms with E-state index in [2.05, 4.69) is 20.9 Å². The van der Waals surface area contributed by atoms with Crippen LogP contribution < -0.4 is 5.73 Å². The van der Waals surface area contributed by atoms with Crippen LogP contribution in [0.2, 0.25) is 0 Å². The highest BCUT2D eigenvalue weighted by Gasteiger charge is 2.18. The van der Waals surface area contributed by atoms with Gasteiger partial charge in [0.25, 0.3) is 6.43 Å². The Kier molecular flexibility index (Phi) is 3.65. The van der Waals surface area contributed by atoms with E-state index in [0.717, 1.165) is 0 Å². The van der Waals surface area contributed by atoms with E-state index in [1.165, 1.54) is 6.07 Å². The monoisotopic (exact) mass is 264 g/mol. The fourth-order valence-electron chi connectivity index (χ4n) is 1.05. The quantitative estimate of drug-likeness (QED) is 0.672. The largest absolute Gasteiger partial charge is 0.326 e. The fourth-order valence-corrected chi connectivity index (χ4v) is 1.69. The van der Waals surface area contributed by atoms with Gasteiger partial charge in [0.1, 0.15) is 10.3 Å². The van der Waals surface area contributed by atoms with Gasteiger partial charge in [0.05, 0.1) is 5.56 Å². The SMILES string of the molecule is NCc1cc(C=O)nc(Br)c1C(F)F. The highest BCUT2D eigenvalue weighted by atomic mass is 79.9. The molecule has 76 valence electrons. The van der Waals surface area contributed by atoms with Gasteiger partial charge < -0.3 is 5.73 Å². The number of halogens is 3. The van der Waals surface area contributed by atoms with Crippen molar-refractivity contribution in [2.45, 2.75) is 13.0 Å². The maximum absolute atomic E-state index is 12.5. The van der Waals surface area contributed by atoms with Crippen LogP contribution in [-0.2, 0) is 6.54 Å². The minimum absolute atomic E-state index is 0.0300. The summed E-state index contributed by atoms with van der Waals surface area (Å²) < 4.78 is 25.0. The summed E-state index contributed by atoms with van der Waals surface area (Å²) in [5.41, 5.74) is 5.34. The second-order valence-corrected chi connectivity index (χ2v) is 3.28. The molecule has 0 bridgehead atoms. The van der Waals surface area contributed by atoms with Crippen LogP contribution in [0.5, 0.6) is 0 Å². The molecule has 0 saturated carbocycles. The van der Waals surface area contributed by atoms with Gasteiger partial charge >= 0.3 is 0 Å². The van der Waals surface area contributed by atoms with Gasteiger partial charge in [0.2, 0.25) is 0 Å². The maximum atomic E-state index is 12.5. The van der Waals surface area contributed by atoms with Crippen molar-refractivity contribution in [3.63, 3.8) is 0 Å². The number of carbonyl (C=O) groups is 1. The second-order valence-electron chi connectivity index (χ2n) is 2.53. The Morgan fingerprint density at radius 1 is 1.64 bits per heavy atom. The molecular weight excluding hydrogens is 258 g/mol. The van der Waals surface area contributed by atoms with Crippen molar-refractivity contribution in [3.05, 3.63) is 27.5 Å². The Morgan fingerprint density at radius 2 is 2.29 bits per heavy atom. The van der Waals surface area contributed by atoms with Crippen molar-refractivity contribution in [2.75, 3.05) is 0 Å². The first-order valence-corrected chi connectivity index (χ1v) is 4.52. The summed E-state index contributed by atoms with van der Waals surface area (Å²) in [6, 6.07) is 1.26. The Morgan fingerprint density at radius 3 is 2.71 bits per heavy atom. The third-order valence-electron chi connectivity index (χ3n) is 1.68. The molecule has 0 spiro atoms. The first-order chi connectivity index (χ1) is 6.60. The number of rotatable bonds is 3. The zero-order valence-electron chi connectivity index (χ0n) is 7.01. The smallest absolute Gasteiger partial charge is 0.266 e. The molecule has 0 aliphatic carbocycles. The van der Waals surface area contributed by atoms with Crippen LogP contribution in [0.4, 0.5) is 8.78 Å². The van der Waals surface area contributed by atoms with Crippen molar-refractivity contribution < 1.29 is 13.6 Å². The summed E-state index contributed by atoms with van der Waals surface area (Å²) in [6.45, 7) is -0.0539. The number of pyridine rings is 1. The minimum atomic E-state index is -2.66. The summed E-state index contributed by atoms with van der Waals surface area (Å²) >= 11 is 2.87. The Bertz CT molecular complexity index is 357. The standard InChI is InChI=1S/C8H7BrF2N2O/c9-7-6(8(10)11)4(2-12)1-5(3-14)13-7/h1,3,8H,2,12H2. The number of hydrogen-bond donors (Lipinski definition) is 1. The third kappa shape index (κ3) is 2.13. The van der Waals surface area contributed by atoms with E-state index in [0.29, 0.717) is 6.29 Å². The molecule has 0 unspecified atom stereocenters. The molecule has 0 aromatic carbocycles. The van der Waals surface area contributed by atoms with Gasteiger partial charge in [0, 0.05) is 6.54 Å². The summed E-state index contributed by atoms with van der Waals surface area (Å²) in [5.74, 6) is 0. The normalized spacial score (nSPS) is 10.6. The summed E-state index contributed by atoms with van der Waals surface area (Å²) in [7, 11) is 0. The molecule has 0 aliphatic rings. The van der Waals surface area contributed by atoms with Crippen molar-refractivity contribution in [1.29, 1.82) is 0 Å².